The number of ether oxygens (including phenoxy) is 3. The molecule has 7 nitrogen and oxygen atoms in total. The molecule has 1 saturated heterocycles. The number of morpholine rings is 1. The topological polar surface area (TPSA) is 77.1 Å². The van der Waals surface area contributed by atoms with Crippen molar-refractivity contribution in [3.05, 3.63) is 58.1 Å². The molecule has 0 aliphatic carbocycles. The zero-order valence-corrected chi connectivity index (χ0v) is 17.9. The van der Waals surface area contributed by atoms with E-state index in [0.717, 1.165) is 10.0 Å². The molecule has 154 valence electrons. The molecule has 1 N–H and O–H groups in total. The van der Waals surface area contributed by atoms with Crippen LogP contribution in [-0.4, -0.2) is 57.2 Å². The molecule has 8 heteroatoms. The second-order valence-corrected chi connectivity index (χ2v) is 7.42. The van der Waals surface area contributed by atoms with Crippen LogP contribution in [0.15, 0.2) is 46.9 Å². The van der Waals surface area contributed by atoms with Gasteiger partial charge in [-0.05, 0) is 35.9 Å². The first-order valence-corrected chi connectivity index (χ1v) is 9.96. The summed E-state index contributed by atoms with van der Waals surface area (Å²) in [5.74, 6) is 0.491. The average molecular weight is 463 g/mol. The van der Waals surface area contributed by atoms with Crippen LogP contribution in [0, 0.1) is 0 Å². The van der Waals surface area contributed by atoms with E-state index < -0.39 is 0 Å². The molecule has 1 aliphatic rings. The van der Waals surface area contributed by atoms with Gasteiger partial charge in [0.2, 0.25) is 5.91 Å². The fourth-order valence-corrected chi connectivity index (χ4v) is 3.37. The molecule has 0 spiro atoms. The van der Waals surface area contributed by atoms with Crippen molar-refractivity contribution in [2.45, 2.75) is 6.10 Å². The normalized spacial score (nSPS) is 16.2. The van der Waals surface area contributed by atoms with Gasteiger partial charge in [0.15, 0.2) is 11.5 Å². The van der Waals surface area contributed by atoms with Gasteiger partial charge >= 0.3 is 0 Å². The molecule has 2 aromatic rings. The number of carbonyl (C=O) groups is 2. The highest BCUT2D eigenvalue weighted by Gasteiger charge is 2.25. The summed E-state index contributed by atoms with van der Waals surface area (Å²) in [5.41, 5.74) is 1.41. The van der Waals surface area contributed by atoms with E-state index >= 15 is 0 Å². The van der Waals surface area contributed by atoms with Crippen molar-refractivity contribution in [3.8, 4) is 11.5 Å². The molecular formula is C21H23BrN2O5. The van der Waals surface area contributed by atoms with E-state index in [1.54, 1.807) is 23.1 Å². The Balaban J connectivity index is 1.57. The summed E-state index contributed by atoms with van der Waals surface area (Å²) in [6.45, 7) is 1.32. The molecule has 29 heavy (non-hydrogen) atoms. The van der Waals surface area contributed by atoms with E-state index in [4.69, 9.17) is 14.2 Å². The molecule has 0 radical (unpaired) electrons. The average Bonchev–Trinajstić information content (AvgIpc) is 2.77. The Morgan fingerprint density at radius 1 is 1.14 bits per heavy atom. The number of benzene rings is 2. The lowest BCUT2D eigenvalue weighted by Gasteiger charge is -2.33. The maximum atomic E-state index is 12.6. The molecule has 2 aromatic carbocycles. The molecular weight excluding hydrogens is 440 g/mol. The first-order valence-electron chi connectivity index (χ1n) is 9.17. The fourth-order valence-electron chi connectivity index (χ4n) is 3.10. The first-order chi connectivity index (χ1) is 14.0. The monoisotopic (exact) mass is 462 g/mol. The smallest absolute Gasteiger partial charge is 0.251 e. The van der Waals surface area contributed by atoms with Gasteiger partial charge < -0.3 is 24.4 Å². The molecule has 0 aromatic heterocycles. The lowest BCUT2D eigenvalue weighted by Crippen LogP contribution is -2.46. The Kier molecular flexibility index (Phi) is 7.11. The van der Waals surface area contributed by atoms with Crippen LogP contribution in [0.3, 0.4) is 0 Å². The number of hydrogen-bond donors (Lipinski definition) is 1. The van der Waals surface area contributed by atoms with E-state index in [1.807, 2.05) is 24.3 Å². The van der Waals surface area contributed by atoms with Gasteiger partial charge in [-0.3, -0.25) is 9.59 Å². The van der Waals surface area contributed by atoms with Crippen LogP contribution in [-0.2, 0) is 9.53 Å². The zero-order valence-electron chi connectivity index (χ0n) is 16.3. The second kappa shape index (κ2) is 9.76. The number of halogens is 1. The minimum absolute atomic E-state index is 0.0831. The van der Waals surface area contributed by atoms with E-state index in [1.165, 1.54) is 14.2 Å². The summed E-state index contributed by atoms with van der Waals surface area (Å²) in [7, 11) is 3.03. The van der Waals surface area contributed by atoms with Gasteiger partial charge in [0.1, 0.15) is 6.10 Å². The SMILES string of the molecule is COc1ccc(C(=O)NCC(=O)N2CCOC(c3ccc(Br)cc3)C2)cc1OC. The summed E-state index contributed by atoms with van der Waals surface area (Å²) in [6, 6.07) is 12.7. The number of carbonyl (C=O) groups excluding carboxylic acids is 2. The maximum absolute atomic E-state index is 12.6. The van der Waals surface area contributed by atoms with Crippen molar-refractivity contribution in [1.82, 2.24) is 10.2 Å². The van der Waals surface area contributed by atoms with E-state index in [9.17, 15) is 9.59 Å². The second-order valence-electron chi connectivity index (χ2n) is 6.50. The third-order valence-electron chi connectivity index (χ3n) is 4.71. The van der Waals surface area contributed by atoms with Crippen LogP contribution in [0.5, 0.6) is 11.5 Å². The van der Waals surface area contributed by atoms with Crippen molar-refractivity contribution < 1.29 is 23.8 Å². The largest absolute Gasteiger partial charge is 0.493 e. The van der Waals surface area contributed by atoms with Gasteiger partial charge in [0.25, 0.3) is 5.91 Å². The van der Waals surface area contributed by atoms with Crippen LogP contribution in [0.2, 0.25) is 0 Å². The van der Waals surface area contributed by atoms with Crippen LogP contribution < -0.4 is 14.8 Å². The highest BCUT2D eigenvalue weighted by Crippen LogP contribution is 2.27. The van der Waals surface area contributed by atoms with Crippen molar-refractivity contribution in [2.75, 3.05) is 40.5 Å². The molecule has 1 atom stereocenters. The zero-order chi connectivity index (χ0) is 20.8. The van der Waals surface area contributed by atoms with Crippen molar-refractivity contribution in [1.29, 1.82) is 0 Å². The van der Waals surface area contributed by atoms with Crippen molar-refractivity contribution >= 4 is 27.7 Å². The van der Waals surface area contributed by atoms with Crippen molar-refractivity contribution in [2.24, 2.45) is 0 Å². The summed E-state index contributed by atoms with van der Waals surface area (Å²) in [4.78, 5) is 26.7. The summed E-state index contributed by atoms with van der Waals surface area (Å²) in [6.07, 6.45) is -0.178. The fraction of sp³-hybridized carbons (Fsp3) is 0.333. The van der Waals surface area contributed by atoms with Crippen LogP contribution in [0.1, 0.15) is 22.0 Å². The van der Waals surface area contributed by atoms with Crippen LogP contribution in [0.25, 0.3) is 0 Å². The molecule has 0 bridgehead atoms. The predicted octanol–water partition coefficient (Wildman–Crippen LogP) is 2.80. The number of rotatable bonds is 6. The van der Waals surface area contributed by atoms with Gasteiger partial charge in [-0.2, -0.15) is 0 Å². The van der Waals surface area contributed by atoms with Crippen LogP contribution >= 0.6 is 15.9 Å². The Bertz CT molecular complexity index is 872. The standard InChI is InChI=1S/C21H23BrN2O5/c1-27-17-8-5-15(11-18(17)28-2)21(26)23-12-20(25)24-9-10-29-19(13-24)14-3-6-16(22)7-4-14/h3-8,11,19H,9-10,12-13H2,1-2H3,(H,23,26). The number of hydrogen-bond acceptors (Lipinski definition) is 5. The van der Waals surface area contributed by atoms with E-state index in [-0.39, 0.29) is 24.5 Å². The Labute approximate surface area is 178 Å². The molecule has 2 amide bonds. The maximum Gasteiger partial charge on any atom is 0.251 e. The van der Waals surface area contributed by atoms with Gasteiger partial charge in [-0.1, -0.05) is 28.1 Å². The van der Waals surface area contributed by atoms with Gasteiger partial charge in [0.05, 0.1) is 33.9 Å². The molecule has 1 unspecified atom stereocenters. The Morgan fingerprint density at radius 3 is 2.55 bits per heavy atom. The quantitative estimate of drug-likeness (QED) is 0.713. The number of methoxy groups -OCH3 is 2. The summed E-state index contributed by atoms with van der Waals surface area (Å²) < 4.78 is 17.2. The van der Waals surface area contributed by atoms with Gasteiger partial charge in [-0.15, -0.1) is 0 Å². The Hall–Kier alpha value is -2.58. The van der Waals surface area contributed by atoms with Crippen LogP contribution in [0.4, 0.5) is 0 Å². The minimum Gasteiger partial charge on any atom is -0.493 e. The van der Waals surface area contributed by atoms with E-state index in [2.05, 4.69) is 21.2 Å². The minimum atomic E-state index is -0.350. The molecule has 0 saturated carbocycles. The summed E-state index contributed by atoms with van der Waals surface area (Å²) >= 11 is 3.41. The highest BCUT2D eigenvalue weighted by atomic mass is 79.9. The molecule has 3 rings (SSSR count). The highest BCUT2D eigenvalue weighted by molar-refractivity contribution is 9.10. The Morgan fingerprint density at radius 2 is 1.86 bits per heavy atom. The molecule has 1 fully saturated rings. The van der Waals surface area contributed by atoms with E-state index in [0.29, 0.717) is 36.8 Å². The summed E-state index contributed by atoms with van der Waals surface area (Å²) in [5, 5.41) is 2.67. The number of nitrogens with one attached hydrogen (secondary N) is 1. The van der Waals surface area contributed by atoms with Gasteiger partial charge in [0, 0.05) is 16.6 Å². The third-order valence-corrected chi connectivity index (χ3v) is 5.24. The molecule has 1 heterocycles. The lowest BCUT2D eigenvalue weighted by atomic mass is 10.1. The number of amides is 2. The van der Waals surface area contributed by atoms with Crippen molar-refractivity contribution in [3.63, 3.8) is 0 Å². The van der Waals surface area contributed by atoms with Gasteiger partial charge in [-0.25, -0.2) is 0 Å². The predicted molar refractivity (Wildman–Crippen MR) is 111 cm³/mol. The first kappa shape index (κ1) is 21.1. The molecule has 1 aliphatic heterocycles. The lowest BCUT2D eigenvalue weighted by molar-refractivity contribution is -0.137. The number of nitrogens with zero attached hydrogens (tertiary/aromatic N) is 1. The third kappa shape index (κ3) is 5.27.